The van der Waals surface area contributed by atoms with Gasteiger partial charge in [-0.3, -0.25) is 4.79 Å². The van der Waals surface area contributed by atoms with Gasteiger partial charge in [-0.25, -0.2) is 0 Å². The smallest absolute Gasteiger partial charge is 0.225 e. The van der Waals surface area contributed by atoms with Crippen LogP contribution in [0.2, 0.25) is 0 Å². The minimum atomic E-state index is -0.0492. The number of para-hydroxylation sites is 1. The molecule has 132 valence electrons. The maximum Gasteiger partial charge on any atom is 0.225 e. The van der Waals surface area contributed by atoms with E-state index in [1.807, 2.05) is 39.0 Å². The van der Waals surface area contributed by atoms with Gasteiger partial charge in [0.05, 0.1) is 13.2 Å². The molecule has 3 rings (SSSR count). The molecule has 1 unspecified atom stereocenters. The van der Waals surface area contributed by atoms with Gasteiger partial charge in [-0.15, -0.1) is 0 Å². The standard InChI is InChI=1S/C21H25NO3/c1-12(2)25-21-16(7-6-8-18(21)24-5)17-11-19(23)22-20-14(4)13(3)9-10-15(17)20/h6-10,12,17H,11H2,1-5H3,(H,22,23). The first-order valence-corrected chi connectivity index (χ1v) is 8.65. The third kappa shape index (κ3) is 3.21. The van der Waals surface area contributed by atoms with Gasteiger partial charge in [0.2, 0.25) is 5.91 Å². The molecule has 0 fully saturated rings. The van der Waals surface area contributed by atoms with E-state index in [2.05, 4.69) is 24.4 Å². The van der Waals surface area contributed by atoms with Crippen molar-refractivity contribution in [2.45, 2.75) is 46.1 Å². The van der Waals surface area contributed by atoms with Crippen LogP contribution in [0, 0.1) is 13.8 Å². The summed E-state index contributed by atoms with van der Waals surface area (Å²) in [5.41, 5.74) is 5.34. The molecule has 0 saturated carbocycles. The second-order valence-corrected chi connectivity index (χ2v) is 6.82. The normalized spacial score (nSPS) is 16.4. The van der Waals surface area contributed by atoms with Crippen molar-refractivity contribution in [3.05, 3.63) is 52.6 Å². The zero-order chi connectivity index (χ0) is 18.1. The number of fused-ring (bicyclic) bond motifs is 1. The molecule has 2 aromatic carbocycles. The lowest BCUT2D eigenvalue weighted by molar-refractivity contribution is -0.116. The fourth-order valence-corrected chi connectivity index (χ4v) is 3.39. The molecule has 0 radical (unpaired) electrons. The number of hydrogen-bond acceptors (Lipinski definition) is 3. The van der Waals surface area contributed by atoms with E-state index in [-0.39, 0.29) is 17.9 Å². The van der Waals surface area contributed by atoms with Crippen LogP contribution in [0.1, 0.15) is 48.4 Å². The molecule has 1 heterocycles. The first kappa shape index (κ1) is 17.3. The third-order valence-corrected chi connectivity index (χ3v) is 4.76. The number of benzene rings is 2. The average Bonchev–Trinajstić information content (AvgIpc) is 2.57. The minimum Gasteiger partial charge on any atom is -0.493 e. The topological polar surface area (TPSA) is 47.6 Å². The Kier molecular flexibility index (Phi) is 4.71. The second-order valence-electron chi connectivity index (χ2n) is 6.82. The van der Waals surface area contributed by atoms with Crippen LogP contribution in [-0.2, 0) is 4.79 Å². The maximum atomic E-state index is 12.4. The van der Waals surface area contributed by atoms with Crippen LogP contribution in [0.25, 0.3) is 0 Å². The van der Waals surface area contributed by atoms with Crippen LogP contribution < -0.4 is 14.8 Å². The highest BCUT2D eigenvalue weighted by molar-refractivity contribution is 5.96. The van der Waals surface area contributed by atoms with Crippen molar-refractivity contribution in [3.8, 4) is 11.5 Å². The molecule has 0 saturated heterocycles. The van der Waals surface area contributed by atoms with Crippen LogP contribution in [-0.4, -0.2) is 19.1 Å². The SMILES string of the molecule is COc1cccc(C2CC(=O)Nc3c2ccc(C)c3C)c1OC(C)C. The van der Waals surface area contributed by atoms with Gasteiger partial charge in [0.1, 0.15) is 0 Å². The fourth-order valence-electron chi connectivity index (χ4n) is 3.39. The quantitative estimate of drug-likeness (QED) is 0.887. The number of amides is 1. The van der Waals surface area contributed by atoms with Crippen LogP contribution in [0.15, 0.2) is 30.3 Å². The minimum absolute atomic E-state index is 0.0201. The summed E-state index contributed by atoms with van der Waals surface area (Å²) in [5, 5.41) is 3.05. The Morgan fingerprint density at radius 3 is 2.56 bits per heavy atom. The number of ether oxygens (including phenoxy) is 2. The Bertz CT molecular complexity index is 811. The number of aryl methyl sites for hydroxylation is 1. The van der Waals surface area contributed by atoms with E-state index in [1.54, 1.807) is 7.11 Å². The molecule has 1 aliphatic heterocycles. The predicted octanol–water partition coefficient (Wildman–Crippen LogP) is 4.57. The molecule has 4 nitrogen and oxygen atoms in total. The third-order valence-electron chi connectivity index (χ3n) is 4.76. The lowest BCUT2D eigenvalue weighted by atomic mass is 9.82. The van der Waals surface area contributed by atoms with Crippen LogP contribution in [0.5, 0.6) is 11.5 Å². The Morgan fingerprint density at radius 2 is 1.88 bits per heavy atom. The van der Waals surface area contributed by atoms with Crippen LogP contribution in [0.4, 0.5) is 5.69 Å². The highest BCUT2D eigenvalue weighted by Crippen LogP contribution is 2.45. The molecule has 0 aliphatic carbocycles. The van der Waals surface area contributed by atoms with Crippen LogP contribution >= 0.6 is 0 Å². The largest absolute Gasteiger partial charge is 0.493 e. The number of methoxy groups -OCH3 is 1. The van der Waals surface area contributed by atoms with Gasteiger partial charge in [0.25, 0.3) is 0 Å². The Morgan fingerprint density at radius 1 is 1.12 bits per heavy atom. The van der Waals surface area contributed by atoms with E-state index in [0.29, 0.717) is 12.2 Å². The molecule has 1 atom stereocenters. The van der Waals surface area contributed by atoms with Gasteiger partial charge in [0, 0.05) is 23.6 Å². The molecule has 1 aliphatic rings. The van der Waals surface area contributed by atoms with Gasteiger partial charge < -0.3 is 14.8 Å². The molecule has 25 heavy (non-hydrogen) atoms. The van der Waals surface area contributed by atoms with Crippen molar-refractivity contribution in [2.75, 3.05) is 12.4 Å². The lowest BCUT2D eigenvalue weighted by Gasteiger charge is -2.30. The van der Waals surface area contributed by atoms with Gasteiger partial charge in [-0.05, 0) is 50.5 Å². The maximum absolute atomic E-state index is 12.4. The summed E-state index contributed by atoms with van der Waals surface area (Å²) in [4.78, 5) is 12.4. The van der Waals surface area contributed by atoms with Gasteiger partial charge in [-0.2, -0.15) is 0 Å². The molecule has 0 aromatic heterocycles. The number of hydrogen-bond donors (Lipinski definition) is 1. The van der Waals surface area contributed by atoms with Gasteiger partial charge >= 0.3 is 0 Å². The first-order valence-electron chi connectivity index (χ1n) is 8.65. The van der Waals surface area contributed by atoms with Gasteiger partial charge in [-0.1, -0.05) is 24.3 Å². The van der Waals surface area contributed by atoms with Crippen molar-refractivity contribution in [3.63, 3.8) is 0 Å². The average molecular weight is 339 g/mol. The zero-order valence-corrected chi connectivity index (χ0v) is 15.5. The highest BCUT2D eigenvalue weighted by atomic mass is 16.5. The highest BCUT2D eigenvalue weighted by Gasteiger charge is 2.31. The Hall–Kier alpha value is -2.49. The van der Waals surface area contributed by atoms with Crippen molar-refractivity contribution < 1.29 is 14.3 Å². The van der Waals surface area contributed by atoms with Crippen LogP contribution in [0.3, 0.4) is 0 Å². The summed E-state index contributed by atoms with van der Waals surface area (Å²) >= 11 is 0. The van der Waals surface area contributed by atoms with E-state index in [0.717, 1.165) is 28.1 Å². The summed E-state index contributed by atoms with van der Waals surface area (Å²) in [5.74, 6) is 1.41. The molecule has 0 bridgehead atoms. The fraction of sp³-hybridized carbons (Fsp3) is 0.381. The van der Waals surface area contributed by atoms with Gasteiger partial charge in [0.15, 0.2) is 11.5 Å². The van der Waals surface area contributed by atoms with Crippen molar-refractivity contribution >= 4 is 11.6 Å². The molecule has 4 heteroatoms. The lowest BCUT2D eigenvalue weighted by Crippen LogP contribution is -2.25. The van der Waals surface area contributed by atoms with E-state index >= 15 is 0 Å². The summed E-state index contributed by atoms with van der Waals surface area (Å²) in [7, 11) is 1.64. The van der Waals surface area contributed by atoms with Crippen molar-refractivity contribution in [2.24, 2.45) is 0 Å². The number of carbonyl (C=O) groups is 1. The number of nitrogens with one attached hydrogen (secondary N) is 1. The number of anilines is 1. The molecular weight excluding hydrogens is 314 g/mol. The van der Waals surface area contributed by atoms with E-state index < -0.39 is 0 Å². The van der Waals surface area contributed by atoms with E-state index in [1.165, 1.54) is 5.56 Å². The van der Waals surface area contributed by atoms with Crippen molar-refractivity contribution in [1.82, 2.24) is 0 Å². The Balaban J connectivity index is 2.18. The zero-order valence-electron chi connectivity index (χ0n) is 15.5. The Labute approximate surface area is 149 Å². The van der Waals surface area contributed by atoms with E-state index in [9.17, 15) is 4.79 Å². The summed E-state index contributed by atoms with van der Waals surface area (Å²) in [6, 6.07) is 10.1. The summed E-state index contributed by atoms with van der Waals surface area (Å²) in [6.45, 7) is 8.09. The monoisotopic (exact) mass is 339 g/mol. The summed E-state index contributed by atoms with van der Waals surface area (Å²) < 4.78 is 11.6. The van der Waals surface area contributed by atoms with E-state index in [4.69, 9.17) is 9.47 Å². The first-order chi connectivity index (χ1) is 11.9. The number of carbonyl (C=O) groups excluding carboxylic acids is 1. The van der Waals surface area contributed by atoms with Crippen molar-refractivity contribution in [1.29, 1.82) is 0 Å². The molecule has 1 amide bonds. The predicted molar refractivity (Wildman–Crippen MR) is 99.8 cm³/mol. The number of rotatable bonds is 4. The molecular formula is C21H25NO3. The summed E-state index contributed by atoms with van der Waals surface area (Å²) in [6.07, 6.45) is 0.420. The molecule has 2 aromatic rings. The molecule has 1 N–H and O–H groups in total. The second kappa shape index (κ2) is 6.79. The molecule has 0 spiro atoms.